The van der Waals surface area contributed by atoms with E-state index in [0.717, 1.165) is 37.3 Å². The first kappa shape index (κ1) is 21.0. The van der Waals surface area contributed by atoms with Crippen LogP contribution in [-0.2, 0) is 16.4 Å². The Hall–Kier alpha value is -2.28. The quantitative estimate of drug-likeness (QED) is 0.654. The van der Waals surface area contributed by atoms with Crippen molar-refractivity contribution in [1.82, 2.24) is 4.98 Å². The van der Waals surface area contributed by atoms with E-state index in [1.807, 2.05) is 6.92 Å². The zero-order valence-electron chi connectivity index (χ0n) is 16.4. The third-order valence-corrected chi connectivity index (χ3v) is 6.68. The number of pyridine rings is 1. The molecule has 1 amide bonds. The van der Waals surface area contributed by atoms with Crippen LogP contribution in [0.25, 0.3) is 0 Å². The van der Waals surface area contributed by atoms with Crippen LogP contribution in [0.3, 0.4) is 0 Å². The van der Waals surface area contributed by atoms with E-state index >= 15 is 0 Å². The Morgan fingerprint density at radius 2 is 1.87 bits per heavy atom. The van der Waals surface area contributed by atoms with Gasteiger partial charge in [-0.1, -0.05) is 24.6 Å². The molecule has 1 aromatic carbocycles. The number of carbonyl (C=O) groups is 1. The molecule has 2 aromatic rings. The number of ether oxygens (including phenoxy) is 1. The fraction of sp³-hybridized carbons (Fsp3) is 0.455. The van der Waals surface area contributed by atoms with Crippen LogP contribution in [0.1, 0.15) is 43.9 Å². The van der Waals surface area contributed by atoms with Gasteiger partial charge in [0.1, 0.15) is 5.69 Å². The van der Waals surface area contributed by atoms with Crippen molar-refractivity contribution in [2.75, 3.05) is 11.9 Å². The molecule has 4 rings (SSSR count). The van der Waals surface area contributed by atoms with Gasteiger partial charge in [0, 0.05) is 27.6 Å². The summed E-state index contributed by atoms with van der Waals surface area (Å²) in [6.45, 7) is 2.26. The van der Waals surface area contributed by atoms with Crippen LogP contribution in [-0.4, -0.2) is 17.5 Å². The van der Waals surface area contributed by atoms with Gasteiger partial charge in [-0.15, -0.1) is 0 Å². The Kier molecular flexibility index (Phi) is 5.43. The van der Waals surface area contributed by atoms with Gasteiger partial charge in [-0.3, -0.25) is 4.79 Å². The lowest BCUT2D eigenvalue weighted by Crippen LogP contribution is -2.37. The van der Waals surface area contributed by atoms with Crippen molar-refractivity contribution < 1.29 is 22.7 Å². The second kappa shape index (κ2) is 7.76. The largest absolute Gasteiger partial charge is 0.476 e. The molecule has 0 unspecified atom stereocenters. The summed E-state index contributed by atoms with van der Waals surface area (Å²) >= 11 is 5.88. The van der Waals surface area contributed by atoms with E-state index in [0.29, 0.717) is 17.3 Å². The second-order valence-electron chi connectivity index (χ2n) is 8.24. The highest BCUT2D eigenvalue weighted by atomic mass is 35.5. The van der Waals surface area contributed by atoms with Gasteiger partial charge < -0.3 is 10.1 Å². The number of nitrogens with zero attached hydrogens (tertiary/aromatic N) is 1. The molecule has 1 fully saturated rings. The molecular weight excluding hydrogens is 417 g/mol. The summed E-state index contributed by atoms with van der Waals surface area (Å²) in [6.07, 6.45) is -1.36. The van der Waals surface area contributed by atoms with Crippen molar-refractivity contribution in [3.05, 3.63) is 52.7 Å². The van der Waals surface area contributed by atoms with Crippen LogP contribution in [0.2, 0.25) is 5.02 Å². The maximum Gasteiger partial charge on any atom is 0.433 e. The fourth-order valence-electron chi connectivity index (χ4n) is 4.51. The highest BCUT2D eigenvalue weighted by molar-refractivity contribution is 6.30. The minimum absolute atomic E-state index is 0.0437. The number of alkyl halides is 3. The molecule has 30 heavy (non-hydrogen) atoms. The van der Waals surface area contributed by atoms with Crippen molar-refractivity contribution in [2.24, 2.45) is 11.8 Å². The Balaban J connectivity index is 1.41. The van der Waals surface area contributed by atoms with Crippen molar-refractivity contribution >= 4 is 23.2 Å². The number of benzene rings is 1. The van der Waals surface area contributed by atoms with E-state index < -0.39 is 11.9 Å². The molecule has 0 saturated heterocycles. The molecule has 1 aliphatic carbocycles. The van der Waals surface area contributed by atoms with E-state index in [1.165, 1.54) is 6.07 Å². The number of rotatable bonds is 3. The second-order valence-corrected chi connectivity index (χ2v) is 8.67. The number of anilines is 1. The van der Waals surface area contributed by atoms with E-state index in [9.17, 15) is 18.0 Å². The standard InChI is InChI=1S/C22H22ClF3N2O2/c1-13(19(29)27-16-4-2-15(23)3-5-16)14-8-10-21(11-9-14)12-30-20-17(21)6-7-18(28-20)22(24,25)26/h2-7,13-14H,8-12H2,1H3,(H,27,29)/t13-,14-,21-/m0/s1. The first-order chi connectivity index (χ1) is 14.2. The average molecular weight is 439 g/mol. The Morgan fingerprint density at radius 1 is 1.20 bits per heavy atom. The number of amides is 1. The molecule has 1 N–H and O–H groups in total. The Labute approximate surface area is 177 Å². The predicted molar refractivity (Wildman–Crippen MR) is 108 cm³/mol. The van der Waals surface area contributed by atoms with Gasteiger partial charge in [0.05, 0.1) is 6.61 Å². The van der Waals surface area contributed by atoms with Crippen LogP contribution in [0.5, 0.6) is 5.88 Å². The smallest absolute Gasteiger partial charge is 0.433 e. The third kappa shape index (κ3) is 4.00. The molecule has 2 aliphatic rings. The van der Waals surface area contributed by atoms with Crippen LogP contribution >= 0.6 is 11.6 Å². The maximum absolute atomic E-state index is 12.9. The summed E-state index contributed by atoms with van der Waals surface area (Å²) in [5, 5.41) is 3.53. The van der Waals surface area contributed by atoms with Crippen LogP contribution in [0.4, 0.5) is 18.9 Å². The molecule has 1 aromatic heterocycles. The zero-order chi connectivity index (χ0) is 21.5. The fourth-order valence-corrected chi connectivity index (χ4v) is 4.63. The Morgan fingerprint density at radius 3 is 2.50 bits per heavy atom. The molecular formula is C22H22ClF3N2O2. The van der Waals surface area contributed by atoms with E-state index in [1.54, 1.807) is 24.3 Å². The van der Waals surface area contributed by atoms with Crippen LogP contribution in [0, 0.1) is 11.8 Å². The van der Waals surface area contributed by atoms with Gasteiger partial charge in [0.2, 0.25) is 11.8 Å². The molecule has 1 atom stereocenters. The first-order valence-corrected chi connectivity index (χ1v) is 10.3. The molecule has 4 nitrogen and oxygen atoms in total. The Bertz CT molecular complexity index is 938. The number of nitrogens with one attached hydrogen (secondary N) is 1. The summed E-state index contributed by atoms with van der Waals surface area (Å²) < 4.78 is 44.3. The molecule has 0 radical (unpaired) electrons. The van der Waals surface area contributed by atoms with Gasteiger partial charge in [0.15, 0.2) is 0 Å². The van der Waals surface area contributed by atoms with Crippen LogP contribution in [0.15, 0.2) is 36.4 Å². The van der Waals surface area contributed by atoms with Crippen molar-refractivity contribution in [2.45, 2.75) is 44.2 Å². The number of halogens is 4. The van der Waals surface area contributed by atoms with Gasteiger partial charge in [-0.2, -0.15) is 13.2 Å². The lowest BCUT2D eigenvalue weighted by Gasteiger charge is -2.38. The number of carbonyl (C=O) groups excluding carboxylic acids is 1. The minimum Gasteiger partial charge on any atom is -0.476 e. The molecule has 1 saturated carbocycles. The zero-order valence-corrected chi connectivity index (χ0v) is 17.2. The van der Waals surface area contributed by atoms with E-state index in [4.69, 9.17) is 16.3 Å². The van der Waals surface area contributed by atoms with Crippen molar-refractivity contribution in [3.8, 4) is 5.88 Å². The highest BCUT2D eigenvalue weighted by Crippen LogP contribution is 2.50. The van der Waals surface area contributed by atoms with Crippen LogP contribution < -0.4 is 10.1 Å². The predicted octanol–water partition coefficient (Wildman–Crippen LogP) is 5.85. The summed E-state index contributed by atoms with van der Waals surface area (Å²) in [4.78, 5) is 16.3. The minimum atomic E-state index is -4.49. The first-order valence-electron chi connectivity index (χ1n) is 9.96. The monoisotopic (exact) mass is 438 g/mol. The number of fused-ring (bicyclic) bond motifs is 2. The highest BCUT2D eigenvalue weighted by Gasteiger charge is 2.46. The lowest BCUT2D eigenvalue weighted by atomic mass is 9.66. The summed E-state index contributed by atoms with van der Waals surface area (Å²) in [5.41, 5.74) is 0.217. The lowest BCUT2D eigenvalue weighted by molar-refractivity contribution is -0.141. The van der Waals surface area contributed by atoms with Crippen molar-refractivity contribution in [3.63, 3.8) is 0 Å². The number of hydrogen-bond donors (Lipinski definition) is 1. The maximum atomic E-state index is 12.9. The SMILES string of the molecule is C[C@H](C(=O)Nc1ccc(Cl)cc1)[C@H]1CC[C@]2(CC1)COc1nc(C(F)(F)F)ccc12. The molecule has 1 spiro atoms. The van der Waals surface area contributed by atoms with E-state index in [2.05, 4.69) is 10.3 Å². The molecule has 8 heteroatoms. The van der Waals surface area contributed by atoms with Gasteiger partial charge in [0.25, 0.3) is 0 Å². The van der Waals surface area contributed by atoms with E-state index in [-0.39, 0.29) is 29.0 Å². The average Bonchev–Trinajstić information content (AvgIpc) is 3.07. The van der Waals surface area contributed by atoms with Crippen molar-refractivity contribution in [1.29, 1.82) is 0 Å². The summed E-state index contributed by atoms with van der Waals surface area (Å²) in [7, 11) is 0. The molecule has 2 heterocycles. The summed E-state index contributed by atoms with van der Waals surface area (Å²) in [5.74, 6) is 0.0783. The van der Waals surface area contributed by atoms with Gasteiger partial charge in [-0.25, -0.2) is 4.98 Å². The van der Waals surface area contributed by atoms with Gasteiger partial charge >= 0.3 is 6.18 Å². The number of hydrogen-bond acceptors (Lipinski definition) is 3. The molecule has 160 valence electrons. The summed E-state index contributed by atoms with van der Waals surface area (Å²) in [6, 6.07) is 9.51. The molecule has 0 bridgehead atoms. The normalized spacial score (nSPS) is 24.2. The third-order valence-electron chi connectivity index (χ3n) is 6.43. The number of aromatic nitrogens is 1. The topological polar surface area (TPSA) is 51.2 Å². The van der Waals surface area contributed by atoms with Gasteiger partial charge in [-0.05, 0) is 61.9 Å². The molecule has 1 aliphatic heterocycles.